The molecule has 0 atom stereocenters. The summed E-state index contributed by atoms with van der Waals surface area (Å²) in [4.78, 5) is 17.6. The summed E-state index contributed by atoms with van der Waals surface area (Å²) in [5.41, 5.74) is 2.95. The third-order valence-electron chi connectivity index (χ3n) is 4.17. The second kappa shape index (κ2) is 7.16. The molecule has 0 spiro atoms. The number of methoxy groups -OCH3 is 1. The molecule has 0 fully saturated rings. The number of thiol groups is 1. The van der Waals surface area contributed by atoms with Gasteiger partial charge in [0.25, 0.3) is 5.91 Å². The summed E-state index contributed by atoms with van der Waals surface area (Å²) in [7, 11) is 1.53. The van der Waals surface area contributed by atoms with Crippen LogP contribution < -0.4 is 10.1 Å². The molecule has 0 unspecified atom stereocenters. The Morgan fingerprint density at radius 2 is 2.29 bits per heavy atom. The predicted octanol–water partition coefficient (Wildman–Crippen LogP) is 2.67. The molecule has 4 aromatic rings. The van der Waals surface area contributed by atoms with Crippen LogP contribution in [0.3, 0.4) is 0 Å². The van der Waals surface area contributed by atoms with Crippen LogP contribution in [0.15, 0.2) is 47.9 Å². The molecule has 3 N–H and O–H groups in total. The zero-order valence-corrected chi connectivity index (χ0v) is 15.6. The number of H-pyrrole nitrogens is 1. The molecule has 0 saturated carbocycles. The Morgan fingerprint density at radius 3 is 3.07 bits per heavy atom. The van der Waals surface area contributed by atoms with Crippen molar-refractivity contribution in [1.82, 2.24) is 24.8 Å². The molecule has 1 aromatic carbocycles. The normalized spacial score (nSPS) is 10.8. The molecule has 0 aliphatic rings. The largest absolute Gasteiger partial charge is 0.496 e. The van der Waals surface area contributed by atoms with Gasteiger partial charge < -0.3 is 15.5 Å². The Morgan fingerprint density at radius 1 is 1.43 bits per heavy atom. The summed E-state index contributed by atoms with van der Waals surface area (Å²) in [6.45, 7) is 0. The zero-order valence-electron chi connectivity index (χ0n) is 14.7. The number of carbonyl (C=O) groups is 1. The van der Waals surface area contributed by atoms with E-state index in [4.69, 9.17) is 10.1 Å². The lowest BCUT2D eigenvalue weighted by atomic mass is 10.1. The summed E-state index contributed by atoms with van der Waals surface area (Å²) < 4.78 is 6.95. The highest BCUT2D eigenvalue weighted by Crippen LogP contribution is 2.36. The number of carbonyl (C=O) groups excluding carboxylic acids is 1. The fourth-order valence-corrected chi connectivity index (χ4v) is 3.07. The number of aromatic amines is 1. The molecule has 0 radical (unpaired) electrons. The highest BCUT2D eigenvalue weighted by Gasteiger charge is 2.20. The summed E-state index contributed by atoms with van der Waals surface area (Å²) in [6.07, 6.45) is 7.54. The van der Waals surface area contributed by atoms with Gasteiger partial charge in [-0.3, -0.25) is 9.89 Å². The molecule has 10 heteroatoms. The molecule has 3 heterocycles. The Labute approximate surface area is 164 Å². The summed E-state index contributed by atoms with van der Waals surface area (Å²) >= 11 is 4.36. The molecule has 0 bridgehead atoms. The third kappa shape index (κ3) is 2.99. The van der Waals surface area contributed by atoms with E-state index >= 15 is 0 Å². The van der Waals surface area contributed by atoms with Gasteiger partial charge >= 0.3 is 0 Å². The smallest absolute Gasteiger partial charge is 0.261 e. The molecular weight excluding hydrogens is 378 g/mol. The lowest BCUT2D eigenvalue weighted by molar-refractivity contribution is 0.102. The maximum atomic E-state index is 12.8. The number of hydrogen-bond acceptors (Lipinski definition) is 7. The van der Waals surface area contributed by atoms with Crippen molar-refractivity contribution in [3.63, 3.8) is 0 Å². The van der Waals surface area contributed by atoms with Crippen LogP contribution in [0.25, 0.3) is 16.9 Å². The van der Waals surface area contributed by atoms with Crippen molar-refractivity contribution in [3.05, 3.63) is 54.1 Å². The van der Waals surface area contributed by atoms with E-state index in [1.165, 1.54) is 24.0 Å². The first-order chi connectivity index (χ1) is 13.6. The van der Waals surface area contributed by atoms with Gasteiger partial charge in [0.05, 0.1) is 19.0 Å². The van der Waals surface area contributed by atoms with E-state index in [0.29, 0.717) is 44.4 Å². The van der Waals surface area contributed by atoms with Gasteiger partial charge in [-0.2, -0.15) is 10.2 Å². The van der Waals surface area contributed by atoms with Gasteiger partial charge in [-0.05, 0) is 18.2 Å². The Bertz CT molecular complexity index is 1200. The number of ether oxygens (including phenoxy) is 1. The topological polar surface area (TPSA) is 121 Å². The van der Waals surface area contributed by atoms with Crippen molar-refractivity contribution in [2.75, 3.05) is 12.4 Å². The molecule has 3 aromatic heterocycles. The molecule has 0 saturated heterocycles. The van der Waals surface area contributed by atoms with Crippen molar-refractivity contribution in [2.24, 2.45) is 0 Å². The number of anilines is 1. The first-order valence-corrected chi connectivity index (χ1v) is 8.62. The van der Waals surface area contributed by atoms with Crippen molar-refractivity contribution >= 4 is 36.1 Å². The van der Waals surface area contributed by atoms with E-state index in [-0.39, 0.29) is 5.91 Å². The van der Waals surface area contributed by atoms with E-state index in [1.807, 2.05) is 0 Å². The minimum Gasteiger partial charge on any atom is -0.496 e. The molecule has 0 aliphatic carbocycles. The van der Waals surface area contributed by atoms with E-state index in [1.54, 1.807) is 36.8 Å². The van der Waals surface area contributed by atoms with E-state index < -0.39 is 0 Å². The molecule has 4 rings (SSSR count). The average molecular weight is 393 g/mol. The summed E-state index contributed by atoms with van der Waals surface area (Å²) in [6, 6.07) is 5.17. The lowest BCUT2D eigenvalue weighted by Crippen LogP contribution is -2.12. The summed E-state index contributed by atoms with van der Waals surface area (Å²) in [5.74, 6) is 0.157. The van der Waals surface area contributed by atoms with Crippen LogP contribution in [0.1, 0.15) is 15.9 Å². The van der Waals surface area contributed by atoms with Gasteiger partial charge in [0, 0.05) is 40.8 Å². The number of amides is 1. The van der Waals surface area contributed by atoms with Crippen molar-refractivity contribution in [1.29, 1.82) is 5.41 Å². The van der Waals surface area contributed by atoms with Crippen molar-refractivity contribution in [3.8, 4) is 17.0 Å². The number of nitrogens with zero attached hydrogens (tertiary/aromatic N) is 4. The highest BCUT2D eigenvalue weighted by atomic mass is 32.1. The maximum absolute atomic E-state index is 12.8. The van der Waals surface area contributed by atoms with Crippen LogP contribution in [0.5, 0.6) is 5.75 Å². The lowest BCUT2D eigenvalue weighted by Gasteiger charge is -2.11. The molecule has 0 aliphatic heterocycles. The number of fused-ring (bicyclic) bond motifs is 1. The second-order valence-electron chi connectivity index (χ2n) is 5.80. The zero-order chi connectivity index (χ0) is 19.7. The molecule has 28 heavy (non-hydrogen) atoms. The van der Waals surface area contributed by atoms with Crippen LogP contribution in [0, 0.1) is 5.41 Å². The maximum Gasteiger partial charge on any atom is 0.261 e. The van der Waals surface area contributed by atoms with Crippen LogP contribution in [0.4, 0.5) is 5.69 Å². The van der Waals surface area contributed by atoms with Crippen LogP contribution in [-0.2, 0) is 0 Å². The molecular formula is C18H15N7O2S. The fourth-order valence-electron chi connectivity index (χ4n) is 2.82. The second-order valence-corrected chi connectivity index (χ2v) is 6.29. The Kier molecular flexibility index (Phi) is 4.53. The summed E-state index contributed by atoms with van der Waals surface area (Å²) in [5, 5.41) is 21.5. The van der Waals surface area contributed by atoms with Crippen molar-refractivity contribution in [2.45, 2.75) is 4.90 Å². The quantitative estimate of drug-likeness (QED) is 0.307. The van der Waals surface area contributed by atoms with Gasteiger partial charge in [-0.15, -0.1) is 12.6 Å². The minimum absolute atomic E-state index is 0.339. The van der Waals surface area contributed by atoms with Gasteiger partial charge in [0.15, 0.2) is 5.65 Å². The van der Waals surface area contributed by atoms with Gasteiger partial charge in [-0.25, -0.2) is 9.50 Å². The first-order valence-electron chi connectivity index (χ1n) is 8.17. The standard InChI is InChI=1S/C18H15N7O2S/c1-27-14-6-15(28)10(7-19)5-11(14)16-13(9-21-24-16)23-18(26)12-8-22-25-4-2-3-20-17(12)25/h2-9,19,28H,1H3,(H,21,24)(H,23,26). The SMILES string of the molecule is COc1cc(S)c(C=N)cc1-c1n[nH]cc1NC(=O)c1cnn2cccnc12. The Balaban J connectivity index is 1.72. The van der Waals surface area contributed by atoms with E-state index in [0.717, 1.165) is 0 Å². The van der Waals surface area contributed by atoms with Gasteiger partial charge in [0.1, 0.15) is 17.0 Å². The van der Waals surface area contributed by atoms with Gasteiger partial charge in [0.2, 0.25) is 0 Å². The Hall–Kier alpha value is -3.66. The van der Waals surface area contributed by atoms with Crippen molar-refractivity contribution < 1.29 is 9.53 Å². The third-order valence-corrected chi connectivity index (χ3v) is 4.56. The van der Waals surface area contributed by atoms with Gasteiger partial charge in [-0.1, -0.05) is 0 Å². The average Bonchev–Trinajstić information content (AvgIpc) is 3.34. The first kappa shape index (κ1) is 17.7. The fraction of sp³-hybridized carbons (Fsp3) is 0.0556. The molecule has 9 nitrogen and oxygen atoms in total. The number of hydrogen-bond donors (Lipinski definition) is 4. The highest BCUT2D eigenvalue weighted by molar-refractivity contribution is 7.80. The molecule has 140 valence electrons. The van der Waals surface area contributed by atoms with Crippen LogP contribution in [-0.4, -0.2) is 44.0 Å². The van der Waals surface area contributed by atoms with E-state index in [2.05, 4.69) is 38.2 Å². The number of aromatic nitrogens is 5. The van der Waals surface area contributed by atoms with Crippen LogP contribution >= 0.6 is 12.6 Å². The monoisotopic (exact) mass is 393 g/mol. The minimum atomic E-state index is -0.367. The predicted molar refractivity (Wildman–Crippen MR) is 107 cm³/mol. The number of nitrogens with one attached hydrogen (secondary N) is 3. The van der Waals surface area contributed by atoms with Crippen LogP contribution in [0.2, 0.25) is 0 Å². The number of rotatable bonds is 5. The molecule has 1 amide bonds. The number of benzene rings is 1. The van der Waals surface area contributed by atoms with E-state index in [9.17, 15) is 4.79 Å².